The van der Waals surface area contributed by atoms with Gasteiger partial charge in [-0.15, -0.1) is 0 Å². The summed E-state index contributed by atoms with van der Waals surface area (Å²) in [4.78, 5) is 15.6. The summed E-state index contributed by atoms with van der Waals surface area (Å²) in [5, 5.41) is 8.99. The number of ether oxygens (including phenoxy) is 2. The number of hydrogen-bond acceptors (Lipinski definition) is 4. The Kier molecular flexibility index (Phi) is 4.43. The standard InChI is InChI=1S/C19H18N2O4/c1-12-8-9-21-14(5-7-18(22)23)19(20-17(21)10-12)13-4-6-15(24-2)16(11-13)25-3/h4-11H,1-3H3,(H,22,23)/b7-5+. The molecule has 0 radical (unpaired) electrons. The Labute approximate surface area is 145 Å². The Bertz CT molecular complexity index is 973. The van der Waals surface area contributed by atoms with Crippen molar-refractivity contribution in [2.75, 3.05) is 14.2 Å². The van der Waals surface area contributed by atoms with Crippen molar-refractivity contribution >= 4 is 17.7 Å². The third-order valence-electron chi connectivity index (χ3n) is 3.86. The maximum absolute atomic E-state index is 11.0. The third-order valence-corrected chi connectivity index (χ3v) is 3.86. The molecule has 6 heteroatoms. The van der Waals surface area contributed by atoms with E-state index >= 15 is 0 Å². The Morgan fingerprint density at radius 3 is 2.60 bits per heavy atom. The van der Waals surface area contributed by atoms with Crippen molar-refractivity contribution in [3.63, 3.8) is 0 Å². The van der Waals surface area contributed by atoms with Crippen molar-refractivity contribution in [3.8, 4) is 22.8 Å². The molecule has 3 rings (SSSR count). The zero-order chi connectivity index (χ0) is 18.0. The van der Waals surface area contributed by atoms with Crippen molar-refractivity contribution < 1.29 is 19.4 Å². The first-order valence-electron chi connectivity index (χ1n) is 7.65. The number of imidazole rings is 1. The SMILES string of the molecule is COc1ccc(-c2nc3cc(C)ccn3c2/C=C/C(=O)O)cc1OC. The molecule has 0 aliphatic carbocycles. The maximum Gasteiger partial charge on any atom is 0.328 e. The van der Waals surface area contributed by atoms with Gasteiger partial charge in [0.05, 0.1) is 25.6 Å². The molecule has 25 heavy (non-hydrogen) atoms. The van der Waals surface area contributed by atoms with Crippen LogP contribution in [-0.4, -0.2) is 34.7 Å². The molecule has 0 atom stereocenters. The Morgan fingerprint density at radius 2 is 1.92 bits per heavy atom. The zero-order valence-corrected chi connectivity index (χ0v) is 14.2. The highest BCUT2D eigenvalue weighted by atomic mass is 16.5. The first-order valence-corrected chi connectivity index (χ1v) is 7.65. The Hall–Kier alpha value is -3.28. The summed E-state index contributed by atoms with van der Waals surface area (Å²) in [5.74, 6) is 0.190. The van der Waals surface area contributed by atoms with Crippen LogP contribution in [0.4, 0.5) is 0 Å². The van der Waals surface area contributed by atoms with Crippen molar-refractivity contribution in [1.82, 2.24) is 9.38 Å². The molecule has 0 spiro atoms. The normalized spacial score (nSPS) is 11.2. The minimum atomic E-state index is -1.01. The van der Waals surface area contributed by atoms with Crippen LogP contribution in [0.25, 0.3) is 23.0 Å². The van der Waals surface area contributed by atoms with Crippen LogP contribution in [0.5, 0.6) is 11.5 Å². The lowest BCUT2D eigenvalue weighted by molar-refractivity contribution is -0.131. The van der Waals surface area contributed by atoms with E-state index in [1.54, 1.807) is 26.4 Å². The summed E-state index contributed by atoms with van der Waals surface area (Å²) < 4.78 is 12.5. The molecule has 2 aromatic heterocycles. The summed E-state index contributed by atoms with van der Waals surface area (Å²) in [6.07, 6.45) is 4.53. The van der Waals surface area contributed by atoms with Gasteiger partial charge in [-0.2, -0.15) is 0 Å². The minimum Gasteiger partial charge on any atom is -0.493 e. The number of nitrogens with zero attached hydrogens (tertiary/aromatic N) is 2. The minimum absolute atomic E-state index is 0.585. The van der Waals surface area contributed by atoms with E-state index in [4.69, 9.17) is 14.6 Å². The molecule has 6 nitrogen and oxygen atoms in total. The largest absolute Gasteiger partial charge is 0.493 e. The van der Waals surface area contributed by atoms with Gasteiger partial charge in [0, 0.05) is 17.8 Å². The summed E-state index contributed by atoms with van der Waals surface area (Å²) >= 11 is 0. The number of aliphatic carboxylic acids is 1. The van der Waals surface area contributed by atoms with Gasteiger partial charge in [-0.3, -0.25) is 4.40 Å². The van der Waals surface area contributed by atoms with E-state index < -0.39 is 5.97 Å². The predicted molar refractivity (Wildman–Crippen MR) is 95.1 cm³/mol. The number of aromatic nitrogens is 2. The van der Waals surface area contributed by atoms with E-state index in [9.17, 15) is 4.79 Å². The number of rotatable bonds is 5. The second-order valence-corrected chi connectivity index (χ2v) is 5.52. The van der Waals surface area contributed by atoms with Crippen molar-refractivity contribution in [3.05, 3.63) is 53.9 Å². The quantitative estimate of drug-likeness (QED) is 0.722. The lowest BCUT2D eigenvalue weighted by Crippen LogP contribution is -1.93. The highest BCUT2D eigenvalue weighted by Crippen LogP contribution is 2.34. The van der Waals surface area contributed by atoms with Gasteiger partial charge in [0.25, 0.3) is 0 Å². The molecule has 0 aliphatic heterocycles. The molecule has 0 fully saturated rings. The van der Waals surface area contributed by atoms with Gasteiger partial charge in [-0.05, 0) is 48.9 Å². The first kappa shape index (κ1) is 16.6. The van der Waals surface area contributed by atoms with E-state index in [1.165, 1.54) is 0 Å². The van der Waals surface area contributed by atoms with Crippen LogP contribution in [0.3, 0.4) is 0 Å². The van der Waals surface area contributed by atoms with Crippen LogP contribution >= 0.6 is 0 Å². The average molecular weight is 338 g/mol. The summed E-state index contributed by atoms with van der Waals surface area (Å²) in [7, 11) is 3.14. The number of aryl methyl sites for hydroxylation is 1. The topological polar surface area (TPSA) is 73.1 Å². The zero-order valence-electron chi connectivity index (χ0n) is 14.2. The maximum atomic E-state index is 11.0. The summed E-state index contributed by atoms with van der Waals surface area (Å²) in [5.41, 5.74) is 3.98. The lowest BCUT2D eigenvalue weighted by atomic mass is 10.1. The van der Waals surface area contributed by atoms with E-state index in [0.29, 0.717) is 22.9 Å². The molecule has 0 amide bonds. The number of pyridine rings is 1. The molecule has 0 saturated carbocycles. The third kappa shape index (κ3) is 3.19. The molecule has 0 unspecified atom stereocenters. The second-order valence-electron chi connectivity index (χ2n) is 5.52. The summed E-state index contributed by atoms with van der Waals surface area (Å²) in [6, 6.07) is 9.39. The van der Waals surface area contributed by atoms with Crippen molar-refractivity contribution in [2.24, 2.45) is 0 Å². The van der Waals surface area contributed by atoms with Crippen LogP contribution in [0.2, 0.25) is 0 Å². The van der Waals surface area contributed by atoms with Crippen LogP contribution in [-0.2, 0) is 4.79 Å². The number of carbonyl (C=O) groups is 1. The molecule has 1 aromatic carbocycles. The molecule has 128 valence electrons. The van der Waals surface area contributed by atoms with E-state index in [1.807, 2.05) is 41.8 Å². The number of benzene rings is 1. The van der Waals surface area contributed by atoms with Crippen LogP contribution in [0, 0.1) is 6.92 Å². The molecule has 1 N–H and O–H groups in total. The van der Waals surface area contributed by atoms with Crippen molar-refractivity contribution in [1.29, 1.82) is 0 Å². The van der Waals surface area contributed by atoms with Gasteiger partial charge >= 0.3 is 5.97 Å². The number of methoxy groups -OCH3 is 2. The predicted octanol–water partition coefficient (Wildman–Crippen LogP) is 3.42. The number of hydrogen-bond donors (Lipinski definition) is 1. The van der Waals surface area contributed by atoms with Crippen LogP contribution in [0.15, 0.2) is 42.6 Å². The first-order chi connectivity index (χ1) is 12.0. The monoisotopic (exact) mass is 338 g/mol. The molecular weight excluding hydrogens is 320 g/mol. The fraction of sp³-hybridized carbons (Fsp3) is 0.158. The van der Waals surface area contributed by atoms with E-state index in [2.05, 4.69) is 4.98 Å². The van der Waals surface area contributed by atoms with Gasteiger partial charge in [-0.25, -0.2) is 9.78 Å². The fourth-order valence-corrected chi connectivity index (χ4v) is 2.67. The van der Waals surface area contributed by atoms with Gasteiger partial charge < -0.3 is 14.6 Å². The number of fused-ring (bicyclic) bond motifs is 1. The van der Waals surface area contributed by atoms with Gasteiger partial charge in [0.2, 0.25) is 0 Å². The van der Waals surface area contributed by atoms with E-state index in [0.717, 1.165) is 22.9 Å². The summed E-state index contributed by atoms with van der Waals surface area (Å²) in [6.45, 7) is 1.98. The lowest BCUT2D eigenvalue weighted by Gasteiger charge is -2.09. The Morgan fingerprint density at radius 1 is 1.16 bits per heavy atom. The highest BCUT2D eigenvalue weighted by Gasteiger charge is 2.15. The van der Waals surface area contributed by atoms with Gasteiger partial charge in [-0.1, -0.05) is 0 Å². The van der Waals surface area contributed by atoms with Crippen LogP contribution in [0.1, 0.15) is 11.3 Å². The molecule has 2 heterocycles. The van der Waals surface area contributed by atoms with E-state index in [-0.39, 0.29) is 0 Å². The molecule has 0 saturated heterocycles. The highest BCUT2D eigenvalue weighted by molar-refractivity contribution is 5.87. The number of carboxylic acid groups (broad SMARTS) is 1. The molecule has 3 aromatic rings. The fourth-order valence-electron chi connectivity index (χ4n) is 2.67. The average Bonchev–Trinajstić information content (AvgIpc) is 2.96. The van der Waals surface area contributed by atoms with Gasteiger partial charge in [0.15, 0.2) is 11.5 Å². The second kappa shape index (κ2) is 6.68. The van der Waals surface area contributed by atoms with Crippen molar-refractivity contribution in [2.45, 2.75) is 6.92 Å². The van der Waals surface area contributed by atoms with Gasteiger partial charge in [0.1, 0.15) is 5.65 Å². The Balaban J connectivity index is 2.24. The molecule has 0 bridgehead atoms. The smallest absolute Gasteiger partial charge is 0.328 e. The number of carboxylic acids is 1. The van der Waals surface area contributed by atoms with Crippen LogP contribution < -0.4 is 9.47 Å². The molecule has 0 aliphatic rings. The molecular formula is C19H18N2O4.